The van der Waals surface area contributed by atoms with Crippen LogP contribution < -0.4 is 0 Å². The van der Waals surface area contributed by atoms with E-state index in [1.807, 2.05) is 6.92 Å². The van der Waals surface area contributed by atoms with Crippen molar-refractivity contribution in [3.8, 4) is 0 Å². The molecule has 6 heteroatoms. The van der Waals surface area contributed by atoms with Crippen LogP contribution in [0.15, 0.2) is 36.5 Å². The minimum atomic E-state index is -0.993. The fourth-order valence-electron chi connectivity index (χ4n) is 2.68. The quantitative estimate of drug-likeness (QED) is 0.126. The van der Waals surface area contributed by atoms with Gasteiger partial charge < -0.3 is 14.6 Å². The third-order valence-electron chi connectivity index (χ3n) is 4.92. The van der Waals surface area contributed by atoms with Gasteiger partial charge in [0.1, 0.15) is 0 Å². The molecule has 0 aliphatic carbocycles. The van der Waals surface area contributed by atoms with Crippen LogP contribution in [0.1, 0.15) is 104 Å². The van der Waals surface area contributed by atoms with E-state index in [-0.39, 0.29) is 23.5 Å². The molecule has 190 valence electrons. The first-order valence-electron chi connectivity index (χ1n) is 12.3. The Morgan fingerprint density at radius 1 is 0.788 bits per heavy atom. The molecule has 0 saturated heterocycles. The van der Waals surface area contributed by atoms with Gasteiger partial charge >= 0.3 is 17.9 Å². The molecule has 0 unspecified atom stereocenters. The molecular weight excluding hydrogens is 420 g/mol. The zero-order chi connectivity index (χ0) is 25.3. The summed E-state index contributed by atoms with van der Waals surface area (Å²) in [6, 6.07) is 0. The summed E-state index contributed by atoms with van der Waals surface area (Å²) in [5, 5.41) is 8.59. The van der Waals surface area contributed by atoms with Crippen LogP contribution in [0.2, 0.25) is 0 Å². The summed E-state index contributed by atoms with van der Waals surface area (Å²) < 4.78 is 9.83. The van der Waals surface area contributed by atoms with Crippen LogP contribution in [0, 0.1) is 0 Å². The zero-order valence-corrected chi connectivity index (χ0v) is 21.2. The molecule has 0 aliphatic rings. The molecule has 0 spiro atoms. The molecule has 0 radical (unpaired) electrons. The van der Waals surface area contributed by atoms with Crippen LogP contribution in [0.3, 0.4) is 0 Å². The number of aliphatic carboxylic acids is 1. The van der Waals surface area contributed by atoms with E-state index in [1.165, 1.54) is 76.9 Å². The highest BCUT2D eigenvalue weighted by Gasteiger charge is 2.08. The summed E-state index contributed by atoms with van der Waals surface area (Å²) >= 11 is 0. The Hall–Kier alpha value is -2.37. The minimum absolute atomic E-state index is 0.197. The number of carbonyl (C=O) groups is 3. The third-order valence-corrected chi connectivity index (χ3v) is 4.92. The van der Waals surface area contributed by atoms with Gasteiger partial charge in [-0.15, -0.1) is 0 Å². The van der Waals surface area contributed by atoms with Gasteiger partial charge in [0.15, 0.2) is 0 Å². The van der Waals surface area contributed by atoms with E-state index >= 15 is 0 Å². The first kappa shape index (κ1) is 32.8. The first-order valence-corrected chi connectivity index (χ1v) is 12.3. The molecule has 1 N–H and O–H groups in total. The van der Waals surface area contributed by atoms with Crippen molar-refractivity contribution < 1.29 is 29.0 Å². The number of hydrogen-bond donors (Lipinski definition) is 1. The van der Waals surface area contributed by atoms with Crippen molar-refractivity contribution in [2.75, 3.05) is 13.2 Å². The number of carboxylic acids is 1. The van der Waals surface area contributed by atoms with E-state index in [0.717, 1.165) is 19.3 Å². The predicted octanol–water partition coefficient (Wildman–Crippen LogP) is 6.94. The number of esters is 2. The normalized spacial score (nSPS) is 10.6. The molecule has 0 aliphatic heterocycles. The second kappa shape index (κ2) is 24.3. The molecule has 0 aromatic rings. The van der Waals surface area contributed by atoms with Crippen molar-refractivity contribution in [2.45, 2.75) is 104 Å². The summed E-state index contributed by atoms with van der Waals surface area (Å²) in [6.07, 6.45) is 17.6. The Kier molecular flexibility index (Phi) is 24.1. The lowest BCUT2D eigenvalue weighted by molar-refractivity contribution is -0.139. The largest absolute Gasteiger partial charge is 0.478 e. The van der Waals surface area contributed by atoms with Crippen molar-refractivity contribution >= 4 is 17.9 Å². The Labute approximate surface area is 201 Å². The van der Waals surface area contributed by atoms with E-state index in [2.05, 4.69) is 20.1 Å². The summed E-state index contributed by atoms with van der Waals surface area (Å²) in [5.41, 5.74) is 0.471. The second-order valence-electron chi connectivity index (χ2n) is 8.04. The molecule has 0 heterocycles. The molecule has 0 bridgehead atoms. The molecule has 0 atom stereocenters. The lowest BCUT2D eigenvalue weighted by Crippen LogP contribution is -2.08. The van der Waals surface area contributed by atoms with E-state index < -0.39 is 11.9 Å². The fraction of sp³-hybridized carbons (Fsp3) is 0.667. The first-order chi connectivity index (χ1) is 15.8. The van der Waals surface area contributed by atoms with Crippen LogP contribution in [0.5, 0.6) is 0 Å². The predicted molar refractivity (Wildman–Crippen MR) is 134 cm³/mol. The SMILES string of the molecule is C=C(CC=C(C)C(=O)O)C(=O)OCCCC.C=CC(=O)OCCCCCCCCCCCC. The maximum atomic E-state index is 11.3. The Morgan fingerprint density at radius 3 is 1.76 bits per heavy atom. The highest BCUT2D eigenvalue weighted by Crippen LogP contribution is 2.10. The van der Waals surface area contributed by atoms with Gasteiger partial charge in [0.2, 0.25) is 0 Å². The minimum Gasteiger partial charge on any atom is -0.478 e. The van der Waals surface area contributed by atoms with E-state index in [9.17, 15) is 14.4 Å². The zero-order valence-electron chi connectivity index (χ0n) is 21.2. The van der Waals surface area contributed by atoms with Gasteiger partial charge in [-0.05, 0) is 26.2 Å². The molecule has 6 nitrogen and oxygen atoms in total. The third kappa shape index (κ3) is 24.1. The number of unbranched alkanes of at least 4 members (excludes halogenated alkanes) is 10. The number of ether oxygens (including phenoxy) is 2. The van der Waals surface area contributed by atoms with Crippen molar-refractivity contribution in [1.29, 1.82) is 0 Å². The molecule has 0 aromatic heterocycles. The summed E-state index contributed by atoms with van der Waals surface area (Å²) in [7, 11) is 0. The van der Waals surface area contributed by atoms with Crippen molar-refractivity contribution in [1.82, 2.24) is 0 Å². The highest BCUT2D eigenvalue weighted by atomic mass is 16.5. The van der Waals surface area contributed by atoms with Crippen LogP contribution >= 0.6 is 0 Å². The Morgan fingerprint density at radius 2 is 1.27 bits per heavy atom. The number of rotatable bonds is 19. The van der Waals surface area contributed by atoms with Gasteiger partial charge in [0, 0.05) is 17.2 Å². The fourth-order valence-corrected chi connectivity index (χ4v) is 2.68. The van der Waals surface area contributed by atoms with Crippen LogP contribution in [0.25, 0.3) is 0 Å². The van der Waals surface area contributed by atoms with E-state index in [1.54, 1.807) is 0 Å². The molecular formula is C27H46O6. The number of carboxylic acid groups (broad SMARTS) is 1. The lowest BCUT2D eigenvalue weighted by Gasteiger charge is -2.04. The van der Waals surface area contributed by atoms with Crippen LogP contribution in [-0.2, 0) is 23.9 Å². The van der Waals surface area contributed by atoms with Crippen molar-refractivity contribution in [2.24, 2.45) is 0 Å². The molecule has 0 fully saturated rings. The van der Waals surface area contributed by atoms with Gasteiger partial charge in [-0.1, -0.05) is 97.3 Å². The van der Waals surface area contributed by atoms with E-state index in [0.29, 0.717) is 13.2 Å². The average molecular weight is 467 g/mol. The molecule has 0 saturated carbocycles. The van der Waals surface area contributed by atoms with Crippen molar-refractivity contribution in [3.05, 3.63) is 36.5 Å². The smallest absolute Gasteiger partial charge is 0.333 e. The van der Waals surface area contributed by atoms with Crippen molar-refractivity contribution in [3.63, 3.8) is 0 Å². The summed E-state index contributed by atoms with van der Waals surface area (Å²) in [6.45, 7) is 13.6. The number of carbonyl (C=O) groups excluding carboxylic acids is 2. The molecule has 0 aromatic carbocycles. The maximum absolute atomic E-state index is 11.3. The molecule has 0 rings (SSSR count). The van der Waals surface area contributed by atoms with Gasteiger partial charge in [-0.3, -0.25) is 0 Å². The summed E-state index contributed by atoms with van der Waals surface area (Å²) in [5.74, 6) is -1.75. The van der Waals surface area contributed by atoms with Gasteiger partial charge in [0.25, 0.3) is 0 Å². The molecule has 33 heavy (non-hydrogen) atoms. The monoisotopic (exact) mass is 466 g/mol. The van der Waals surface area contributed by atoms with Crippen LogP contribution in [-0.4, -0.2) is 36.2 Å². The standard InChI is InChI=1S/C15H28O2.C12H18O4/c1-3-5-6-7-8-9-10-11-12-13-14-17-15(16)4-2;1-4-5-8-16-12(15)10(3)7-6-9(2)11(13)14/h4H,2-3,5-14H2,1H3;6H,3-5,7-8H2,1-2H3,(H,13,14). The Balaban J connectivity index is 0. The molecule has 0 amide bonds. The second-order valence-corrected chi connectivity index (χ2v) is 8.04. The topological polar surface area (TPSA) is 89.9 Å². The number of allylic oxidation sites excluding steroid dienone is 1. The average Bonchev–Trinajstić information content (AvgIpc) is 2.80. The van der Waals surface area contributed by atoms with Gasteiger partial charge in [-0.2, -0.15) is 0 Å². The van der Waals surface area contributed by atoms with Gasteiger partial charge in [-0.25, -0.2) is 14.4 Å². The van der Waals surface area contributed by atoms with E-state index in [4.69, 9.17) is 14.6 Å². The van der Waals surface area contributed by atoms with Crippen LogP contribution in [0.4, 0.5) is 0 Å². The van der Waals surface area contributed by atoms with Gasteiger partial charge in [0.05, 0.1) is 13.2 Å². The maximum Gasteiger partial charge on any atom is 0.333 e. The number of hydrogen-bond acceptors (Lipinski definition) is 5. The Bertz CT molecular complexity index is 591. The lowest BCUT2D eigenvalue weighted by atomic mass is 10.1. The summed E-state index contributed by atoms with van der Waals surface area (Å²) in [4.78, 5) is 32.5. The highest BCUT2D eigenvalue weighted by molar-refractivity contribution is 5.89.